The molecular formula is C17H23N3O2S. The molecule has 0 saturated carbocycles. The largest absolute Gasteiger partial charge is 0.491 e. The van der Waals surface area contributed by atoms with Crippen molar-refractivity contribution < 1.29 is 9.53 Å². The summed E-state index contributed by atoms with van der Waals surface area (Å²) in [5.41, 5.74) is 1.03. The van der Waals surface area contributed by atoms with Gasteiger partial charge in [0.2, 0.25) is 0 Å². The summed E-state index contributed by atoms with van der Waals surface area (Å²) in [6.45, 7) is 7.85. The highest BCUT2D eigenvalue weighted by Gasteiger charge is 2.14. The number of benzene rings is 1. The van der Waals surface area contributed by atoms with E-state index in [1.807, 2.05) is 57.3 Å². The molecule has 0 unspecified atom stereocenters. The molecule has 0 aliphatic rings. The first-order valence-corrected chi connectivity index (χ1v) is 8.56. The smallest absolute Gasteiger partial charge is 0.315 e. The standard InChI is InChI=1S/C17H23N3O2S/c1-11(2)22-15-7-5-14(6-8-15)12(3)19-17(21)20-13(4)16-18-9-10-23-16/h5-13H,1-4H3,(H2,19,20,21)/t12-,13-/m1/s1. The van der Waals surface area contributed by atoms with Crippen LogP contribution in [0.3, 0.4) is 0 Å². The average molecular weight is 333 g/mol. The van der Waals surface area contributed by atoms with Gasteiger partial charge >= 0.3 is 6.03 Å². The molecule has 2 atom stereocenters. The summed E-state index contributed by atoms with van der Waals surface area (Å²) in [5, 5.41) is 8.62. The molecule has 124 valence electrons. The lowest BCUT2D eigenvalue weighted by molar-refractivity contribution is 0.235. The number of nitrogens with zero attached hydrogens (tertiary/aromatic N) is 1. The van der Waals surface area contributed by atoms with E-state index in [9.17, 15) is 4.79 Å². The second-order valence-corrected chi connectivity index (χ2v) is 6.59. The third-order valence-electron chi connectivity index (χ3n) is 3.27. The summed E-state index contributed by atoms with van der Waals surface area (Å²) in [7, 11) is 0. The second-order valence-electron chi connectivity index (χ2n) is 5.67. The molecule has 1 heterocycles. The molecule has 2 amide bonds. The number of nitrogens with one attached hydrogen (secondary N) is 2. The summed E-state index contributed by atoms with van der Waals surface area (Å²) in [6.07, 6.45) is 1.88. The van der Waals surface area contributed by atoms with Gasteiger partial charge in [-0.05, 0) is 45.4 Å². The summed E-state index contributed by atoms with van der Waals surface area (Å²) >= 11 is 1.53. The Morgan fingerprint density at radius 1 is 1.09 bits per heavy atom. The lowest BCUT2D eigenvalue weighted by Crippen LogP contribution is -2.38. The number of rotatable bonds is 6. The fraction of sp³-hybridized carbons (Fsp3) is 0.412. The highest BCUT2D eigenvalue weighted by Crippen LogP contribution is 2.19. The highest BCUT2D eigenvalue weighted by atomic mass is 32.1. The van der Waals surface area contributed by atoms with Gasteiger partial charge in [0.15, 0.2) is 0 Å². The monoisotopic (exact) mass is 333 g/mol. The number of aromatic nitrogens is 1. The number of carbonyl (C=O) groups excluding carboxylic acids is 1. The maximum absolute atomic E-state index is 12.1. The number of ether oxygens (including phenoxy) is 1. The van der Waals surface area contributed by atoms with Crippen LogP contribution < -0.4 is 15.4 Å². The minimum atomic E-state index is -0.206. The number of hydrogen-bond acceptors (Lipinski definition) is 4. The number of hydrogen-bond donors (Lipinski definition) is 2. The Kier molecular flexibility index (Phi) is 5.98. The lowest BCUT2D eigenvalue weighted by Gasteiger charge is -2.18. The molecule has 0 fully saturated rings. The molecule has 6 heteroatoms. The van der Waals surface area contributed by atoms with Crippen molar-refractivity contribution in [2.45, 2.75) is 45.9 Å². The van der Waals surface area contributed by atoms with Gasteiger partial charge in [-0.25, -0.2) is 9.78 Å². The van der Waals surface area contributed by atoms with Gasteiger partial charge in [-0.3, -0.25) is 0 Å². The predicted molar refractivity (Wildman–Crippen MR) is 92.8 cm³/mol. The van der Waals surface area contributed by atoms with Gasteiger partial charge in [0.25, 0.3) is 0 Å². The van der Waals surface area contributed by atoms with Gasteiger partial charge in [0.05, 0.1) is 18.2 Å². The van der Waals surface area contributed by atoms with Gasteiger partial charge in [-0.2, -0.15) is 0 Å². The van der Waals surface area contributed by atoms with E-state index in [0.29, 0.717) is 0 Å². The quantitative estimate of drug-likeness (QED) is 0.838. The van der Waals surface area contributed by atoms with Crippen LogP contribution in [0, 0.1) is 0 Å². The van der Waals surface area contributed by atoms with E-state index in [1.54, 1.807) is 6.20 Å². The van der Waals surface area contributed by atoms with Gasteiger partial charge < -0.3 is 15.4 Å². The van der Waals surface area contributed by atoms with Crippen molar-refractivity contribution in [2.24, 2.45) is 0 Å². The van der Waals surface area contributed by atoms with Gasteiger partial charge in [0, 0.05) is 11.6 Å². The molecule has 0 saturated heterocycles. The average Bonchev–Trinajstić information content (AvgIpc) is 3.01. The molecule has 5 nitrogen and oxygen atoms in total. The van der Waals surface area contributed by atoms with Crippen molar-refractivity contribution in [3.05, 3.63) is 46.4 Å². The molecule has 1 aromatic heterocycles. The first kappa shape index (κ1) is 17.3. The first-order chi connectivity index (χ1) is 11.0. The zero-order chi connectivity index (χ0) is 16.8. The molecule has 2 rings (SSSR count). The van der Waals surface area contributed by atoms with E-state index in [-0.39, 0.29) is 24.2 Å². The van der Waals surface area contributed by atoms with Crippen LogP contribution in [0.5, 0.6) is 5.75 Å². The van der Waals surface area contributed by atoms with E-state index in [2.05, 4.69) is 15.6 Å². The third-order valence-corrected chi connectivity index (χ3v) is 4.23. The summed E-state index contributed by atoms with van der Waals surface area (Å²) in [5.74, 6) is 0.831. The molecule has 0 bridgehead atoms. The third kappa shape index (κ3) is 5.25. The summed E-state index contributed by atoms with van der Waals surface area (Å²) in [6, 6.07) is 7.37. The van der Waals surface area contributed by atoms with Gasteiger partial charge in [-0.1, -0.05) is 12.1 Å². The van der Waals surface area contributed by atoms with Crippen molar-refractivity contribution >= 4 is 17.4 Å². The minimum Gasteiger partial charge on any atom is -0.491 e. The maximum atomic E-state index is 12.1. The molecule has 1 aromatic carbocycles. The van der Waals surface area contributed by atoms with E-state index in [0.717, 1.165) is 16.3 Å². The summed E-state index contributed by atoms with van der Waals surface area (Å²) < 4.78 is 5.62. The SMILES string of the molecule is CC(C)Oc1ccc([C@@H](C)NC(=O)N[C@H](C)c2nccs2)cc1. The van der Waals surface area contributed by atoms with Crippen LogP contribution >= 0.6 is 11.3 Å². The van der Waals surface area contributed by atoms with Crippen LogP contribution in [0.2, 0.25) is 0 Å². The summed E-state index contributed by atoms with van der Waals surface area (Å²) in [4.78, 5) is 16.3. The Morgan fingerprint density at radius 3 is 2.30 bits per heavy atom. The fourth-order valence-corrected chi connectivity index (χ4v) is 2.78. The second kappa shape index (κ2) is 7.97. The minimum absolute atomic E-state index is 0.0911. The Bertz CT molecular complexity index is 611. The number of carbonyl (C=O) groups is 1. The van der Waals surface area contributed by atoms with E-state index in [1.165, 1.54) is 11.3 Å². The molecule has 0 aliphatic carbocycles. The molecule has 0 spiro atoms. The first-order valence-electron chi connectivity index (χ1n) is 7.68. The fourth-order valence-electron chi connectivity index (χ4n) is 2.14. The van der Waals surface area contributed by atoms with Crippen molar-refractivity contribution in [2.75, 3.05) is 0 Å². The van der Waals surface area contributed by atoms with E-state index >= 15 is 0 Å². The topological polar surface area (TPSA) is 63.2 Å². The maximum Gasteiger partial charge on any atom is 0.315 e. The Labute approximate surface area is 141 Å². The van der Waals surface area contributed by atoms with E-state index < -0.39 is 0 Å². The Balaban J connectivity index is 1.88. The predicted octanol–water partition coefficient (Wildman–Crippen LogP) is 4.05. The van der Waals surface area contributed by atoms with Crippen LogP contribution in [0.15, 0.2) is 35.8 Å². The number of urea groups is 1. The number of thiazole rings is 1. The lowest BCUT2D eigenvalue weighted by atomic mass is 10.1. The van der Waals surface area contributed by atoms with Crippen molar-refractivity contribution in [1.82, 2.24) is 15.6 Å². The van der Waals surface area contributed by atoms with Crippen LogP contribution in [0.1, 0.15) is 50.3 Å². The molecule has 2 aromatic rings. The van der Waals surface area contributed by atoms with Crippen LogP contribution in [0.25, 0.3) is 0 Å². The molecular weight excluding hydrogens is 310 g/mol. The Hall–Kier alpha value is -2.08. The van der Waals surface area contributed by atoms with Crippen molar-refractivity contribution in [1.29, 1.82) is 0 Å². The molecule has 0 radical (unpaired) electrons. The van der Waals surface area contributed by atoms with Crippen LogP contribution in [-0.2, 0) is 0 Å². The number of amides is 2. The van der Waals surface area contributed by atoms with E-state index in [4.69, 9.17) is 4.74 Å². The Morgan fingerprint density at radius 2 is 1.74 bits per heavy atom. The molecule has 23 heavy (non-hydrogen) atoms. The normalized spacial score (nSPS) is 13.4. The molecule has 2 N–H and O–H groups in total. The van der Waals surface area contributed by atoms with Crippen LogP contribution in [0.4, 0.5) is 4.79 Å². The van der Waals surface area contributed by atoms with Gasteiger partial charge in [0.1, 0.15) is 10.8 Å². The zero-order valence-electron chi connectivity index (χ0n) is 13.9. The van der Waals surface area contributed by atoms with Crippen molar-refractivity contribution in [3.63, 3.8) is 0 Å². The molecule has 0 aliphatic heterocycles. The van der Waals surface area contributed by atoms with Crippen molar-refractivity contribution in [3.8, 4) is 5.75 Å². The zero-order valence-corrected chi connectivity index (χ0v) is 14.7. The highest BCUT2D eigenvalue weighted by molar-refractivity contribution is 7.09. The van der Waals surface area contributed by atoms with Gasteiger partial charge in [-0.15, -0.1) is 11.3 Å². The van der Waals surface area contributed by atoms with Crippen LogP contribution in [-0.4, -0.2) is 17.1 Å².